The molecule has 0 atom stereocenters. The Hall–Kier alpha value is -2.64. The topological polar surface area (TPSA) is 72.6 Å². The molecule has 0 spiro atoms. The van der Waals surface area contributed by atoms with Crippen molar-refractivity contribution in [2.24, 2.45) is 0 Å². The van der Waals surface area contributed by atoms with Gasteiger partial charge in [0.25, 0.3) is 0 Å². The predicted molar refractivity (Wildman–Crippen MR) is 93.6 cm³/mol. The number of nitrogens with zero attached hydrogens (tertiary/aromatic N) is 2. The molecule has 130 valence electrons. The van der Waals surface area contributed by atoms with Crippen LogP contribution in [0.25, 0.3) is 11.3 Å². The normalized spacial score (nSPS) is 11.6. The first-order valence-corrected chi connectivity index (χ1v) is 9.06. The molecule has 0 N–H and O–H groups in total. The Balaban J connectivity index is 1.77. The van der Waals surface area contributed by atoms with Crippen LogP contribution in [0.2, 0.25) is 0 Å². The first kappa shape index (κ1) is 17.2. The Morgan fingerprint density at radius 1 is 1.08 bits per heavy atom. The van der Waals surface area contributed by atoms with E-state index in [0.29, 0.717) is 17.2 Å². The summed E-state index contributed by atoms with van der Waals surface area (Å²) in [6, 6.07) is 17.5. The molecule has 0 unspecified atom stereocenters. The Kier molecular flexibility index (Phi) is 4.87. The molecule has 2 aromatic carbocycles. The van der Waals surface area contributed by atoms with E-state index in [4.69, 9.17) is 9.26 Å². The van der Waals surface area contributed by atoms with E-state index < -0.39 is 10.0 Å². The zero-order chi connectivity index (χ0) is 17.9. The fourth-order valence-corrected chi connectivity index (χ4v) is 3.51. The van der Waals surface area contributed by atoms with Crippen molar-refractivity contribution in [3.8, 4) is 17.1 Å². The lowest BCUT2D eigenvalue weighted by Crippen LogP contribution is -2.26. The van der Waals surface area contributed by atoms with Crippen molar-refractivity contribution in [2.75, 3.05) is 14.2 Å². The summed E-state index contributed by atoms with van der Waals surface area (Å²) in [5, 5.41) is 3.97. The number of benzene rings is 2. The number of methoxy groups -OCH3 is 1. The third-order valence-electron chi connectivity index (χ3n) is 3.77. The fraction of sp³-hybridized carbons (Fsp3) is 0.167. The molecule has 0 saturated carbocycles. The monoisotopic (exact) mass is 358 g/mol. The van der Waals surface area contributed by atoms with E-state index in [1.165, 1.54) is 30.6 Å². The Labute approximate surface area is 146 Å². The van der Waals surface area contributed by atoms with Crippen LogP contribution in [-0.4, -0.2) is 32.0 Å². The summed E-state index contributed by atoms with van der Waals surface area (Å²) in [4.78, 5) is 0.197. The van der Waals surface area contributed by atoms with Crippen LogP contribution in [0.3, 0.4) is 0 Å². The van der Waals surface area contributed by atoms with Gasteiger partial charge in [0.2, 0.25) is 10.0 Å². The lowest BCUT2D eigenvalue weighted by molar-refractivity contribution is 0.402. The molecule has 3 aromatic rings. The van der Waals surface area contributed by atoms with Crippen molar-refractivity contribution in [1.29, 1.82) is 0 Å². The molecule has 1 aromatic heterocycles. The molecule has 7 heteroatoms. The standard InChI is InChI=1S/C18H18N2O4S/c1-20(25(21,22)17-10-8-16(23-2)9-11-17)13-15-12-18(24-19-15)14-6-4-3-5-7-14/h3-12H,13H2,1-2H3. The second kappa shape index (κ2) is 7.08. The number of hydrogen-bond acceptors (Lipinski definition) is 5. The van der Waals surface area contributed by atoms with E-state index >= 15 is 0 Å². The largest absolute Gasteiger partial charge is 0.497 e. The molecule has 6 nitrogen and oxygen atoms in total. The van der Waals surface area contributed by atoms with Gasteiger partial charge in [0.05, 0.1) is 24.2 Å². The quantitative estimate of drug-likeness (QED) is 0.677. The van der Waals surface area contributed by atoms with Gasteiger partial charge in [0.1, 0.15) is 5.75 Å². The van der Waals surface area contributed by atoms with E-state index in [1.807, 2.05) is 30.3 Å². The molecule has 0 amide bonds. The molecule has 0 bridgehead atoms. The van der Waals surface area contributed by atoms with Crippen molar-refractivity contribution in [2.45, 2.75) is 11.4 Å². The summed E-state index contributed by atoms with van der Waals surface area (Å²) in [7, 11) is -0.579. The van der Waals surface area contributed by atoms with E-state index in [0.717, 1.165) is 5.56 Å². The van der Waals surface area contributed by atoms with Crippen LogP contribution in [0.5, 0.6) is 5.75 Å². The van der Waals surface area contributed by atoms with Gasteiger partial charge < -0.3 is 9.26 Å². The first-order valence-electron chi connectivity index (χ1n) is 7.62. The minimum absolute atomic E-state index is 0.116. The molecule has 0 fully saturated rings. The van der Waals surface area contributed by atoms with Crippen molar-refractivity contribution >= 4 is 10.0 Å². The van der Waals surface area contributed by atoms with Gasteiger partial charge >= 0.3 is 0 Å². The van der Waals surface area contributed by atoms with Crippen LogP contribution in [0.4, 0.5) is 0 Å². The Morgan fingerprint density at radius 2 is 1.76 bits per heavy atom. The van der Waals surface area contributed by atoms with Gasteiger partial charge in [0.15, 0.2) is 5.76 Å². The van der Waals surface area contributed by atoms with Crippen molar-refractivity contribution < 1.29 is 17.7 Å². The average Bonchev–Trinajstić information content (AvgIpc) is 3.11. The van der Waals surface area contributed by atoms with Gasteiger partial charge in [0, 0.05) is 18.7 Å². The van der Waals surface area contributed by atoms with E-state index in [9.17, 15) is 8.42 Å². The number of hydrogen-bond donors (Lipinski definition) is 0. The third kappa shape index (κ3) is 3.72. The highest BCUT2D eigenvalue weighted by Crippen LogP contribution is 2.23. The second-order valence-corrected chi connectivity index (χ2v) is 7.53. The smallest absolute Gasteiger partial charge is 0.243 e. The second-order valence-electron chi connectivity index (χ2n) is 5.49. The Morgan fingerprint density at radius 3 is 2.40 bits per heavy atom. The maximum absolute atomic E-state index is 12.6. The lowest BCUT2D eigenvalue weighted by atomic mass is 10.2. The predicted octanol–water partition coefficient (Wildman–Crippen LogP) is 3.17. The van der Waals surface area contributed by atoms with E-state index in [-0.39, 0.29) is 11.4 Å². The molecule has 0 aliphatic heterocycles. The Bertz CT molecular complexity index is 935. The zero-order valence-corrected chi connectivity index (χ0v) is 14.7. The van der Waals surface area contributed by atoms with E-state index in [1.54, 1.807) is 18.2 Å². The zero-order valence-electron chi connectivity index (χ0n) is 13.9. The highest BCUT2D eigenvalue weighted by atomic mass is 32.2. The first-order chi connectivity index (χ1) is 12.0. The van der Waals surface area contributed by atoms with Gasteiger partial charge in [-0.1, -0.05) is 35.5 Å². The van der Waals surface area contributed by atoms with Crippen LogP contribution >= 0.6 is 0 Å². The number of aromatic nitrogens is 1. The number of rotatable bonds is 6. The minimum Gasteiger partial charge on any atom is -0.497 e. The molecule has 1 heterocycles. The van der Waals surface area contributed by atoms with Gasteiger partial charge in [-0.3, -0.25) is 0 Å². The number of ether oxygens (including phenoxy) is 1. The highest BCUT2D eigenvalue weighted by molar-refractivity contribution is 7.89. The molecule has 0 radical (unpaired) electrons. The molecule has 25 heavy (non-hydrogen) atoms. The van der Waals surface area contributed by atoms with Crippen LogP contribution in [-0.2, 0) is 16.6 Å². The van der Waals surface area contributed by atoms with Gasteiger partial charge in [-0.05, 0) is 24.3 Å². The van der Waals surface area contributed by atoms with Crippen LogP contribution < -0.4 is 4.74 Å². The SMILES string of the molecule is COc1ccc(S(=O)(=O)N(C)Cc2cc(-c3ccccc3)on2)cc1. The third-order valence-corrected chi connectivity index (χ3v) is 5.59. The molecule has 0 saturated heterocycles. The summed E-state index contributed by atoms with van der Waals surface area (Å²) in [5.41, 5.74) is 1.43. The molecule has 0 aliphatic carbocycles. The molecular formula is C18H18N2O4S. The van der Waals surface area contributed by atoms with Gasteiger partial charge in [-0.25, -0.2) is 8.42 Å². The molecule has 0 aliphatic rings. The lowest BCUT2D eigenvalue weighted by Gasteiger charge is -2.15. The maximum Gasteiger partial charge on any atom is 0.243 e. The van der Waals surface area contributed by atoms with Crippen LogP contribution in [0, 0.1) is 0 Å². The minimum atomic E-state index is -3.62. The van der Waals surface area contributed by atoms with E-state index in [2.05, 4.69) is 5.16 Å². The summed E-state index contributed by atoms with van der Waals surface area (Å²) >= 11 is 0. The van der Waals surface area contributed by atoms with Gasteiger partial charge in [-0.2, -0.15) is 4.31 Å². The molecular weight excluding hydrogens is 340 g/mol. The summed E-state index contributed by atoms with van der Waals surface area (Å²) in [6.45, 7) is 0.116. The van der Waals surface area contributed by atoms with Crippen molar-refractivity contribution in [3.05, 3.63) is 66.4 Å². The summed E-state index contributed by atoms with van der Waals surface area (Å²) in [5.74, 6) is 1.21. The fourth-order valence-electron chi connectivity index (χ4n) is 2.37. The maximum atomic E-state index is 12.6. The summed E-state index contributed by atoms with van der Waals surface area (Å²) in [6.07, 6.45) is 0. The summed E-state index contributed by atoms with van der Waals surface area (Å²) < 4.78 is 36.9. The number of sulfonamides is 1. The highest BCUT2D eigenvalue weighted by Gasteiger charge is 2.22. The molecule has 3 rings (SSSR count). The average molecular weight is 358 g/mol. The van der Waals surface area contributed by atoms with Crippen LogP contribution in [0.1, 0.15) is 5.69 Å². The van der Waals surface area contributed by atoms with Gasteiger partial charge in [-0.15, -0.1) is 0 Å². The van der Waals surface area contributed by atoms with Crippen LogP contribution in [0.15, 0.2) is 70.1 Å². The van der Waals surface area contributed by atoms with Crippen molar-refractivity contribution in [3.63, 3.8) is 0 Å². The van der Waals surface area contributed by atoms with Crippen molar-refractivity contribution in [1.82, 2.24) is 9.46 Å².